The second-order valence-electron chi connectivity index (χ2n) is 4.01. The van der Waals surface area contributed by atoms with Crippen LogP contribution in [0.15, 0.2) is 0 Å². The molecule has 2 heterocycles. The minimum atomic E-state index is 0.319. The maximum absolute atomic E-state index is 5.86. The van der Waals surface area contributed by atoms with Gasteiger partial charge in [0.2, 0.25) is 0 Å². The molecule has 2 aromatic heterocycles. The van der Waals surface area contributed by atoms with E-state index < -0.39 is 0 Å². The molecule has 0 amide bonds. The van der Waals surface area contributed by atoms with E-state index >= 15 is 0 Å². The monoisotopic (exact) mass is 205 g/mol. The van der Waals surface area contributed by atoms with Crippen LogP contribution in [0.3, 0.4) is 0 Å². The zero-order chi connectivity index (χ0) is 11.2. The summed E-state index contributed by atoms with van der Waals surface area (Å²) in [5.41, 5.74) is 7.57. The van der Waals surface area contributed by atoms with Gasteiger partial charge in [-0.25, -0.2) is 14.5 Å². The minimum absolute atomic E-state index is 0.319. The van der Waals surface area contributed by atoms with Gasteiger partial charge in [-0.3, -0.25) is 0 Å². The standard InChI is InChI=1S/C10H15N5/c1-5(2)10-12-6(3)8-9(11)13-7(4)14-15(8)10/h5H,1-4H3,(H2,11,13,14). The summed E-state index contributed by atoms with van der Waals surface area (Å²) in [5.74, 6) is 2.42. The zero-order valence-corrected chi connectivity index (χ0v) is 9.44. The lowest BCUT2D eigenvalue weighted by atomic mass is 10.2. The Hall–Kier alpha value is -1.65. The number of fused-ring (bicyclic) bond motifs is 1. The lowest BCUT2D eigenvalue weighted by molar-refractivity contribution is 0.711. The molecule has 15 heavy (non-hydrogen) atoms. The van der Waals surface area contributed by atoms with E-state index in [0.717, 1.165) is 17.0 Å². The molecule has 5 heteroatoms. The Morgan fingerprint density at radius 2 is 1.87 bits per heavy atom. The van der Waals surface area contributed by atoms with Crippen LogP contribution < -0.4 is 5.73 Å². The number of anilines is 1. The molecule has 0 atom stereocenters. The van der Waals surface area contributed by atoms with Crippen LogP contribution in [0.4, 0.5) is 5.82 Å². The van der Waals surface area contributed by atoms with Crippen molar-refractivity contribution in [1.29, 1.82) is 0 Å². The number of aromatic nitrogens is 4. The third-order valence-corrected chi connectivity index (χ3v) is 2.34. The molecule has 0 bridgehead atoms. The molecule has 0 aliphatic carbocycles. The van der Waals surface area contributed by atoms with Gasteiger partial charge in [0.05, 0.1) is 5.69 Å². The number of nitrogen functional groups attached to an aromatic ring is 1. The van der Waals surface area contributed by atoms with E-state index in [1.807, 2.05) is 13.8 Å². The Balaban J connectivity index is 2.87. The van der Waals surface area contributed by atoms with Crippen LogP contribution in [-0.2, 0) is 0 Å². The lowest BCUT2D eigenvalue weighted by Gasteiger charge is -2.04. The van der Waals surface area contributed by atoms with Crippen molar-refractivity contribution in [2.75, 3.05) is 5.73 Å². The molecule has 0 aromatic carbocycles. The Morgan fingerprint density at radius 3 is 2.47 bits per heavy atom. The first-order valence-electron chi connectivity index (χ1n) is 5.00. The molecular formula is C10H15N5. The summed E-state index contributed by atoms with van der Waals surface area (Å²) in [6, 6.07) is 0. The van der Waals surface area contributed by atoms with Crippen molar-refractivity contribution in [3.63, 3.8) is 0 Å². The molecular weight excluding hydrogens is 190 g/mol. The predicted molar refractivity (Wildman–Crippen MR) is 58.8 cm³/mol. The summed E-state index contributed by atoms with van der Waals surface area (Å²) in [6.45, 7) is 7.93. The number of imidazole rings is 1. The second kappa shape index (κ2) is 3.18. The zero-order valence-electron chi connectivity index (χ0n) is 9.44. The van der Waals surface area contributed by atoms with Crippen LogP contribution in [0.2, 0.25) is 0 Å². The fourth-order valence-electron chi connectivity index (χ4n) is 1.70. The van der Waals surface area contributed by atoms with Crippen molar-refractivity contribution in [3.05, 3.63) is 17.3 Å². The molecule has 0 aliphatic heterocycles. The van der Waals surface area contributed by atoms with Crippen LogP contribution in [0, 0.1) is 13.8 Å². The number of aryl methyl sites for hydroxylation is 2. The van der Waals surface area contributed by atoms with Crippen LogP contribution >= 0.6 is 0 Å². The molecule has 80 valence electrons. The molecule has 0 saturated carbocycles. The van der Waals surface area contributed by atoms with Crippen molar-refractivity contribution in [3.8, 4) is 0 Å². The van der Waals surface area contributed by atoms with Crippen molar-refractivity contribution >= 4 is 11.3 Å². The summed E-state index contributed by atoms with van der Waals surface area (Å²) in [7, 11) is 0. The first-order valence-corrected chi connectivity index (χ1v) is 5.00. The van der Waals surface area contributed by atoms with Gasteiger partial charge in [-0.1, -0.05) is 13.8 Å². The SMILES string of the molecule is Cc1nc(N)c2c(C)nc(C(C)C)n2n1. The van der Waals surface area contributed by atoms with Crippen molar-refractivity contribution in [2.45, 2.75) is 33.6 Å². The summed E-state index contributed by atoms with van der Waals surface area (Å²) >= 11 is 0. The Morgan fingerprint density at radius 1 is 1.20 bits per heavy atom. The first-order chi connectivity index (χ1) is 7.00. The molecule has 2 rings (SSSR count). The number of nitrogens with two attached hydrogens (primary N) is 1. The Bertz CT molecular complexity index is 512. The number of hydrogen-bond donors (Lipinski definition) is 1. The van der Waals surface area contributed by atoms with Gasteiger partial charge in [0.25, 0.3) is 0 Å². The summed E-state index contributed by atoms with van der Waals surface area (Å²) < 4.78 is 1.80. The smallest absolute Gasteiger partial charge is 0.153 e. The van der Waals surface area contributed by atoms with Crippen molar-refractivity contribution < 1.29 is 0 Å². The topological polar surface area (TPSA) is 69.1 Å². The van der Waals surface area contributed by atoms with Gasteiger partial charge in [-0.2, -0.15) is 5.10 Å². The predicted octanol–water partition coefficient (Wildman–Crippen LogP) is 1.45. The van der Waals surface area contributed by atoms with Gasteiger partial charge in [0.15, 0.2) is 5.82 Å². The average Bonchev–Trinajstić information content (AvgIpc) is 2.42. The van der Waals surface area contributed by atoms with E-state index in [0.29, 0.717) is 17.6 Å². The highest BCUT2D eigenvalue weighted by Gasteiger charge is 2.15. The number of nitrogens with zero attached hydrogens (tertiary/aromatic N) is 4. The van der Waals surface area contributed by atoms with Crippen molar-refractivity contribution in [2.24, 2.45) is 0 Å². The summed E-state index contributed by atoms with van der Waals surface area (Å²) in [4.78, 5) is 8.61. The molecule has 5 nitrogen and oxygen atoms in total. The fraction of sp³-hybridized carbons (Fsp3) is 0.500. The third kappa shape index (κ3) is 1.44. The largest absolute Gasteiger partial charge is 0.382 e. The van der Waals surface area contributed by atoms with E-state index in [9.17, 15) is 0 Å². The molecule has 0 radical (unpaired) electrons. The summed E-state index contributed by atoms with van der Waals surface area (Å²) in [5, 5.41) is 4.34. The van der Waals surface area contributed by atoms with E-state index in [2.05, 4.69) is 28.9 Å². The van der Waals surface area contributed by atoms with Gasteiger partial charge in [-0.15, -0.1) is 0 Å². The minimum Gasteiger partial charge on any atom is -0.382 e. The van der Waals surface area contributed by atoms with Crippen LogP contribution in [0.1, 0.15) is 37.1 Å². The fourth-order valence-corrected chi connectivity index (χ4v) is 1.70. The normalized spacial score (nSPS) is 11.5. The first kappa shape index (κ1) is 9.89. The Labute approximate surface area is 88.3 Å². The highest BCUT2D eigenvalue weighted by atomic mass is 15.3. The van der Waals surface area contributed by atoms with Gasteiger partial charge in [-0.05, 0) is 13.8 Å². The molecule has 2 N–H and O–H groups in total. The van der Waals surface area contributed by atoms with E-state index in [4.69, 9.17) is 5.73 Å². The van der Waals surface area contributed by atoms with Crippen LogP contribution in [0.25, 0.3) is 5.52 Å². The van der Waals surface area contributed by atoms with Crippen LogP contribution in [0.5, 0.6) is 0 Å². The van der Waals surface area contributed by atoms with E-state index in [1.54, 1.807) is 4.52 Å². The second-order valence-corrected chi connectivity index (χ2v) is 4.01. The highest BCUT2D eigenvalue weighted by Crippen LogP contribution is 2.21. The van der Waals surface area contributed by atoms with Crippen molar-refractivity contribution in [1.82, 2.24) is 19.6 Å². The molecule has 2 aromatic rings. The van der Waals surface area contributed by atoms with Crippen LogP contribution in [-0.4, -0.2) is 19.6 Å². The van der Waals surface area contributed by atoms with Gasteiger partial charge >= 0.3 is 0 Å². The highest BCUT2D eigenvalue weighted by molar-refractivity contribution is 5.68. The Kier molecular flexibility index (Phi) is 2.10. The number of rotatable bonds is 1. The van der Waals surface area contributed by atoms with E-state index in [1.165, 1.54) is 0 Å². The van der Waals surface area contributed by atoms with E-state index in [-0.39, 0.29) is 0 Å². The lowest BCUT2D eigenvalue weighted by Crippen LogP contribution is -2.06. The molecule has 0 aliphatic rings. The molecule has 0 fully saturated rings. The molecule has 0 spiro atoms. The van der Waals surface area contributed by atoms with Gasteiger partial charge in [0.1, 0.15) is 17.2 Å². The van der Waals surface area contributed by atoms with Gasteiger partial charge in [0, 0.05) is 5.92 Å². The molecule has 0 saturated heterocycles. The molecule has 0 unspecified atom stereocenters. The average molecular weight is 205 g/mol. The maximum atomic E-state index is 5.86. The summed E-state index contributed by atoms with van der Waals surface area (Å²) in [6.07, 6.45) is 0. The number of hydrogen-bond acceptors (Lipinski definition) is 4. The maximum Gasteiger partial charge on any atom is 0.153 e. The van der Waals surface area contributed by atoms with Gasteiger partial charge < -0.3 is 5.73 Å². The quantitative estimate of drug-likeness (QED) is 0.765. The third-order valence-electron chi connectivity index (χ3n) is 2.34.